The molecule has 2 aromatic carbocycles. The normalized spacial score (nSPS) is 14.5. The molecule has 2 aromatic rings. The lowest BCUT2D eigenvalue weighted by Gasteiger charge is -2.07. The Kier molecular flexibility index (Phi) is 4.53. The second-order valence-corrected chi connectivity index (χ2v) is 6.51. The minimum atomic E-state index is -0.150. The third-order valence-corrected chi connectivity index (χ3v) is 4.08. The molecule has 0 radical (unpaired) electrons. The number of benzene rings is 2. The molecule has 0 aliphatic carbocycles. The SMILES string of the molecule is CC(=O)COc1cc(C)c2c(c1)O/C(=C\c1ccc(Br)cc1)C2=O. The summed E-state index contributed by atoms with van der Waals surface area (Å²) < 4.78 is 12.1. The molecule has 0 saturated heterocycles. The van der Waals surface area contributed by atoms with E-state index in [9.17, 15) is 9.59 Å². The van der Waals surface area contributed by atoms with E-state index in [2.05, 4.69) is 15.9 Å². The van der Waals surface area contributed by atoms with Crippen molar-refractivity contribution >= 4 is 33.6 Å². The maximum Gasteiger partial charge on any atom is 0.232 e. The van der Waals surface area contributed by atoms with Gasteiger partial charge in [0, 0.05) is 10.5 Å². The Balaban J connectivity index is 1.90. The average Bonchev–Trinajstić information content (AvgIpc) is 2.84. The summed E-state index contributed by atoms with van der Waals surface area (Å²) in [6, 6.07) is 11.0. The van der Waals surface area contributed by atoms with Crippen LogP contribution in [-0.4, -0.2) is 18.2 Å². The van der Waals surface area contributed by atoms with Crippen molar-refractivity contribution in [2.75, 3.05) is 6.61 Å². The highest BCUT2D eigenvalue weighted by Gasteiger charge is 2.30. The summed E-state index contributed by atoms with van der Waals surface area (Å²) in [7, 11) is 0. The lowest BCUT2D eigenvalue weighted by atomic mass is 10.0. The quantitative estimate of drug-likeness (QED) is 0.733. The van der Waals surface area contributed by atoms with Gasteiger partial charge in [-0.1, -0.05) is 28.1 Å². The summed E-state index contributed by atoms with van der Waals surface area (Å²) >= 11 is 3.38. The molecule has 1 aliphatic heterocycles. The predicted octanol–water partition coefficient (Wildman–Crippen LogP) is 4.34. The summed E-state index contributed by atoms with van der Waals surface area (Å²) in [5.74, 6) is 1.03. The Morgan fingerprint density at radius 3 is 2.62 bits per heavy atom. The topological polar surface area (TPSA) is 52.6 Å². The maximum atomic E-state index is 12.6. The van der Waals surface area contributed by atoms with Gasteiger partial charge in [-0.3, -0.25) is 9.59 Å². The average molecular weight is 387 g/mol. The second-order valence-electron chi connectivity index (χ2n) is 5.60. The molecular weight excluding hydrogens is 372 g/mol. The standard InChI is InChI=1S/C19H15BrO4/c1-11-7-15(23-10-12(2)21)9-16-18(11)19(22)17(24-16)8-13-3-5-14(20)6-4-13/h3-9H,10H2,1-2H3/b17-8-. The number of fused-ring (bicyclic) bond motifs is 1. The van der Waals surface area contributed by atoms with Gasteiger partial charge in [0.1, 0.15) is 18.1 Å². The molecule has 0 saturated carbocycles. The van der Waals surface area contributed by atoms with Crippen LogP contribution in [0.3, 0.4) is 0 Å². The van der Waals surface area contributed by atoms with Crippen molar-refractivity contribution in [3.8, 4) is 11.5 Å². The fourth-order valence-corrected chi connectivity index (χ4v) is 2.72. The van der Waals surface area contributed by atoms with Crippen LogP contribution in [0, 0.1) is 6.92 Å². The van der Waals surface area contributed by atoms with E-state index < -0.39 is 0 Å². The van der Waals surface area contributed by atoms with Gasteiger partial charge in [-0.05, 0) is 49.2 Å². The van der Waals surface area contributed by atoms with E-state index in [1.54, 1.807) is 18.2 Å². The summed E-state index contributed by atoms with van der Waals surface area (Å²) in [6.45, 7) is 3.27. The van der Waals surface area contributed by atoms with Crippen LogP contribution in [0.4, 0.5) is 0 Å². The minimum absolute atomic E-state index is 0.00619. The first-order chi connectivity index (χ1) is 11.4. The van der Waals surface area contributed by atoms with Crippen LogP contribution in [0.5, 0.6) is 11.5 Å². The Labute approximate surface area is 148 Å². The first kappa shape index (κ1) is 16.5. The summed E-state index contributed by atoms with van der Waals surface area (Å²) in [5, 5.41) is 0. The van der Waals surface area contributed by atoms with Gasteiger partial charge in [0.25, 0.3) is 0 Å². The number of halogens is 1. The van der Waals surface area contributed by atoms with Crippen LogP contribution in [0.25, 0.3) is 6.08 Å². The monoisotopic (exact) mass is 386 g/mol. The molecule has 0 unspecified atom stereocenters. The Bertz CT molecular complexity index is 850. The Morgan fingerprint density at radius 2 is 1.96 bits per heavy atom. The predicted molar refractivity (Wildman–Crippen MR) is 94.4 cm³/mol. The Morgan fingerprint density at radius 1 is 1.25 bits per heavy atom. The number of allylic oxidation sites excluding steroid dienone is 1. The van der Waals surface area contributed by atoms with E-state index >= 15 is 0 Å². The highest BCUT2D eigenvalue weighted by molar-refractivity contribution is 9.10. The summed E-state index contributed by atoms with van der Waals surface area (Å²) in [6.07, 6.45) is 1.71. The summed E-state index contributed by atoms with van der Waals surface area (Å²) in [4.78, 5) is 23.6. The van der Waals surface area contributed by atoms with Crippen LogP contribution < -0.4 is 9.47 Å². The largest absolute Gasteiger partial charge is 0.486 e. The van der Waals surface area contributed by atoms with Crippen molar-refractivity contribution in [2.24, 2.45) is 0 Å². The number of aryl methyl sites for hydroxylation is 1. The molecule has 0 spiro atoms. The molecule has 0 atom stereocenters. The van der Waals surface area contributed by atoms with Crippen LogP contribution in [-0.2, 0) is 4.79 Å². The first-order valence-corrected chi connectivity index (χ1v) is 8.20. The Hall–Kier alpha value is -2.40. The third-order valence-electron chi connectivity index (χ3n) is 3.55. The number of ketones is 2. The highest BCUT2D eigenvalue weighted by Crippen LogP contribution is 2.37. The smallest absolute Gasteiger partial charge is 0.232 e. The van der Waals surface area contributed by atoms with E-state index in [-0.39, 0.29) is 23.9 Å². The van der Waals surface area contributed by atoms with Crippen molar-refractivity contribution in [1.82, 2.24) is 0 Å². The zero-order chi connectivity index (χ0) is 17.3. The second kappa shape index (κ2) is 6.61. The van der Waals surface area contributed by atoms with Gasteiger partial charge in [0.05, 0.1) is 5.56 Å². The van der Waals surface area contributed by atoms with Gasteiger partial charge in [-0.15, -0.1) is 0 Å². The van der Waals surface area contributed by atoms with Crippen molar-refractivity contribution in [3.05, 3.63) is 63.3 Å². The van der Waals surface area contributed by atoms with Gasteiger partial charge in [-0.25, -0.2) is 0 Å². The number of ether oxygens (including phenoxy) is 2. The van der Waals surface area contributed by atoms with Crippen LogP contribution in [0.15, 0.2) is 46.6 Å². The number of carbonyl (C=O) groups is 2. The van der Waals surface area contributed by atoms with E-state index in [0.29, 0.717) is 17.1 Å². The van der Waals surface area contributed by atoms with Crippen molar-refractivity contribution in [3.63, 3.8) is 0 Å². The van der Waals surface area contributed by atoms with E-state index in [1.807, 2.05) is 31.2 Å². The molecule has 1 heterocycles. The molecule has 122 valence electrons. The van der Waals surface area contributed by atoms with Crippen LogP contribution in [0.2, 0.25) is 0 Å². The van der Waals surface area contributed by atoms with Gasteiger partial charge in [0.2, 0.25) is 5.78 Å². The molecule has 0 fully saturated rings. The van der Waals surface area contributed by atoms with Gasteiger partial charge in [-0.2, -0.15) is 0 Å². The minimum Gasteiger partial charge on any atom is -0.486 e. The van der Waals surface area contributed by atoms with Gasteiger partial charge < -0.3 is 9.47 Å². The molecule has 0 N–H and O–H groups in total. The molecular formula is C19H15BrO4. The lowest BCUT2D eigenvalue weighted by molar-refractivity contribution is -0.118. The summed E-state index contributed by atoms with van der Waals surface area (Å²) in [5.41, 5.74) is 2.17. The first-order valence-electron chi connectivity index (χ1n) is 7.41. The lowest BCUT2D eigenvalue weighted by Crippen LogP contribution is -2.06. The van der Waals surface area contributed by atoms with Crippen molar-refractivity contribution in [2.45, 2.75) is 13.8 Å². The molecule has 0 bridgehead atoms. The third kappa shape index (κ3) is 3.41. The molecule has 5 heteroatoms. The maximum absolute atomic E-state index is 12.6. The highest BCUT2D eigenvalue weighted by atomic mass is 79.9. The molecule has 24 heavy (non-hydrogen) atoms. The van der Waals surface area contributed by atoms with Crippen molar-refractivity contribution in [1.29, 1.82) is 0 Å². The van der Waals surface area contributed by atoms with Crippen molar-refractivity contribution < 1.29 is 19.1 Å². The number of hydrogen-bond acceptors (Lipinski definition) is 4. The number of hydrogen-bond donors (Lipinski definition) is 0. The molecule has 3 rings (SSSR count). The van der Waals surface area contributed by atoms with Crippen LogP contribution >= 0.6 is 15.9 Å². The molecule has 0 amide bonds. The number of carbonyl (C=O) groups excluding carboxylic acids is 2. The van der Waals surface area contributed by atoms with Crippen LogP contribution in [0.1, 0.15) is 28.4 Å². The molecule has 4 nitrogen and oxygen atoms in total. The number of rotatable bonds is 4. The van der Waals surface area contributed by atoms with Gasteiger partial charge in [0.15, 0.2) is 11.5 Å². The molecule has 0 aromatic heterocycles. The van der Waals surface area contributed by atoms with E-state index in [0.717, 1.165) is 15.6 Å². The van der Waals surface area contributed by atoms with Gasteiger partial charge >= 0.3 is 0 Å². The van der Waals surface area contributed by atoms with E-state index in [1.165, 1.54) is 6.92 Å². The number of Topliss-reactive ketones (excluding diaryl/α,β-unsaturated/α-hetero) is 2. The zero-order valence-corrected chi connectivity index (χ0v) is 14.8. The zero-order valence-electron chi connectivity index (χ0n) is 13.3. The molecule has 1 aliphatic rings. The fourth-order valence-electron chi connectivity index (χ4n) is 2.46. The van der Waals surface area contributed by atoms with E-state index in [4.69, 9.17) is 9.47 Å². The fraction of sp³-hybridized carbons (Fsp3) is 0.158.